The molecule has 30 heavy (non-hydrogen) atoms. The molecular weight excluding hydrogens is 423 g/mol. The minimum absolute atomic E-state index is 0.0554. The fourth-order valence-electron chi connectivity index (χ4n) is 3.54. The van der Waals surface area contributed by atoms with E-state index in [1.165, 1.54) is 7.11 Å². The molecule has 156 valence electrons. The van der Waals surface area contributed by atoms with Gasteiger partial charge in [-0.2, -0.15) is 0 Å². The topological polar surface area (TPSA) is 84.6 Å². The minimum Gasteiger partial charge on any atom is -0.468 e. The Morgan fingerprint density at radius 2 is 1.47 bits per heavy atom. The van der Waals surface area contributed by atoms with Crippen LogP contribution >= 0.6 is 23.2 Å². The molecule has 0 aliphatic rings. The molecule has 5 nitrogen and oxygen atoms in total. The van der Waals surface area contributed by atoms with E-state index in [4.69, 9.17) is 33.7 Å². The number of nitrogens with one attached hydrogen (secondary N) is 1. The molecule has 0 aromatic heterocycles. The Bertz CT molecular complexity index is 976. The number of carbonyl (C=O) groups excluding carboxylic acids is 1. The molecular formula is C23H22Cl2N2O3. The van der Waals surface area contributed by atoms with Gasteiger partial charge in [-0.3, -0.25) is 4.79 Å². The van der Waals surface area contributed by atoms with Crippen LogP contribution in [-0.2, 0) is 14.9 Å². The number of benzene rings is 3. The zero-order chi connectivity index (χ0) is 21.7. The van der Waals surface area contributed by atoms with E-state index >= 15 is 0 Å². The van der Waals surface area contributed by atoms with Crippen LogP contribution in [0.2, 0.25) is 10.0 Å². The Morgan fingerprint density at radius 1 is 0.967 bits per heavy atom. The highest BCUT2D eigenvalue weighted by Crippen LogP contribution is 2.42. The van der Waals surface area contributed by atoms with Crippen LogP contribution in [0, 0.1) is 0 Å². The number of hydrogen-bond donors (Lipinski definition) is 3. The van der Waals surface area contributed by atoms with Crippen LogP contribution in [0.5, 0.6) is 0 Å². The first-order valence-corrected chi connectivity index (χ1v) is 10.0. The van der Waals surface area contributed by atoms with Gasteiger partial charge in [0.25, 0.3) is 0 Å². The van der Waals surface area contributed by atoms with Gasteiger partial charge in [-0.15, -0.1) is 0 Å². The Labute approximate surface area is 185 Å². The lowest BCUT2D eigenvalue weighted by Gasteiger charge is -2.33. The maximum Gasteiger partial charge on any atom is 0.325 e. The van der Waals surface area contributed by atoms with E-state index in [-0.39, 0.29) is 6.61 Å². The summed E-state index contributed by atoms with van der Waals surface area (Å²) in [6.45, 7) is 0.265. The average Bonchev–Trinajstić information content (AvgIpc) is 2.76. The molecule has 7 heteroatoms. The molecule has 0 bridgehead atoms. The summed E-state index contributed by atoms with van der Waals surface area (Å²) in [6.07, 6.45) is 0. The quantitative estimate of drug-likeness (QED) is 0.284. The maximum atomic E-state index is 13.4. The van der Waals surface area contributed by atoms with Crippen molar-refractivity contribution in [1.29, 1.82) is 0 Å². The zero-order valence-corrected chi connectivity index (χ0v) is 17.9. The van der Waals surface area contributed by atoms with Gasteiger partial charge in [-0.05, 0) is 53.1 Å². The van der Waals surface area contributed by atoms with Crippen LogP contribution in [0.3, 0.4) is 0 Å². The fourth-order valence-corrected chi connectivity index (χ4v) is 3.79. The fraction of sp³-hybridized carbons (Fsp3) is 0.174. The zero-order valence-electron chi connectivity index (χ0n) is 16.4. The molecule has 0 unspecified atom stereocenters. The smallest absolute Gasteiger partial charge is 0.325 e. The van der Waals surface area contributed by atoms with E-state index in [9.17, 15) is 9.90 Å². The molecule has 0 radical (unpaired) electrons. The molecule has 0 amide bonds. The molecule has 0 aliphatic heterocycles. The second-order valence-electron chi connectivity index (χ2n) is 6.71. The number of aliphatic hydroxyl groups is 1. The van der Waals surface area contributed by atoms with Crippen LogP contribution in [0.15, 0.2) is 66.7 Å². The standard InChI is InChI=1S/C23H22Cl2N2O3/c1-30-22(29)23(15-2-7-18(24)8-3-15,16-4-9-19(25)10-5-16)17-6-11-20(26)21(14-17)27-12-13-28/h2-11,14,27-28H,12-13,26H2,1H3. The summed E-state index contributed by atoms with van der Waals surface area (Å²) < 4.78 is 5.29. The number of rotatable bonds is 7. The maximum absolute atomic E-state index is 13.4. The number of methoxy groups -OCH3 is 1. The first-order chi connectivity index (χ1) is 14.4. The molecule has 0 fully saturated rings. The highest BCUT2D eigenvalue weighted by Gasteiger charge is 2.45. The minimum atomic E-state index is -1.28. The highest BCUT2D eigenvalue weighted by molar-refractivity contribution is 6.30. The van der Waals surface area contributed by atoms with Gasteiger partial charge in [0, 0.05) is 16.6 Å². The molecule has 0 saturated carbocycles. The molecule has 0 spiro atoms. The number of nitrogen functional groups attached to an aromatic ring is 1. The van der Waals surface area contributed by atoms with Crippen LogP contribution in [0.25, 0.3) is 0 Å². The van der Waals surface area contributed by atoms with Crippen LogP contribution < -0.4 is 11.1 Å². The molecule has 0 atom stereocenters. The summed E-state index contributed by atoms with van der Waals surface area (Å²) in [4.78, 5) is 13.4. The van der Waals surface area contributed by atoms with Gasteiger partial charge in [0.1, 0.15) is 5.41 Å². The van der Waals surface area contributed by atoms with Crippen molar-refractivity contribution < 1.29 is 14.6 Å². The number of ether oxygens (including phenoxy) is 1. The van der Waals surface area contributed by atoms with Crippen molar-refractivity contribution in [2.75, 3.05) is 31.3 Å². The third-order valence-electron chi connectivity index (χ3n) is 4.96. The van der Waals surface area contributed by atoms with Crippen LogP contribution in [0.1, 0.15) is 16.7 Å². The Morgan fingerprint density at radius 3 is 1.93 bits per heavy atom. The summed E-state index contributed by atoms with van der Waals surface area (Å²) in [6, 6.07) is 19.4. The lowest BCUT2D eigenvalue weighted by atomic mass is 9.69. The number of anilines is 2. The first kappa shape index (κ1) is 22.0. The van der Waals surface area contributed by atoms with Gasteiger partial charge < -0.3 is 20.9 Å². The summed E-state index contributed by atoms with van der Waals surface area (Å²) in [5, 5.41) is 13.4. The van der Waals surface area contributed by atoms with Gasteiger partial charge in [-0.25, -0.2) is 0 Å². The van der Waals surface area contributed by atoms with Crippen molar-refractivity contribution in [1.82, 2.24) is 0 Å². The summed E-state index contributed by atoms with van der Waals surface area (Å²) >= 11 is 12.2. The SMILES string of the molecule is COC(=O)C(c1ccc(Cl)cc1)(c1ccc(Cl)cc1)c1ccc(N)c(NCCO)c1. The van der Waals surface area contributed by atoms with Gasteiger partial charge >= 0.3 is 5.97 Å². The molecule has 3 rings (SSSR count). The van der Waals surface area contributed by atoms with Crippen molar-refractivity contribution >= 4 is 40.5 Å². The molecule has 0 saturated heterocycles. The van der Waals surface area contributed by atoms with Crippen molar-refractivity contribution in [3.05, 3.63) is 93.5 Å². The molecule has 3 aromatic carbocycles. The second kappa shape index (κ2) is 9.39. The van der Waals surface area contributed by atoms with Gasteiger partial charge in [-0.1, -0.05) is 53.5 Å². The van der Waals surface area contributed by atoms with Gasteiger partial charge in [0.2, 0.25) is 0 Å². The van der Waals surface area contributed by atoms with Crippen molar-refractivity contribution in [2.45, 2.75) is 5.41 Å². The van der Waals surface area contributed by atoms with E-state index in [1.54, 1.807) is 66.7 Å². The Hall–Kier alpha value is -2.73. The third-order valence-corrected chi connectivity index (χ3v) is 5.46. The van der Waals surface area contributed by atoms with Gasteiger partial charge in [0.15, 0.2) is 0 Å². The summed E-state index contributed by atoms with van der Waals surface area (Å²) in [5.74, 6) is -0.468. The predicted octanol–water partition coefficient (Wildman–Crippen LogP) is 4.49. The van der Waals surface area contributed by atoms with Gasteiger partial charge in [0.05, 0.1) is 25.1 Å². The van der Waals surface area contributed by atoms with E-state index in [2.05, 4.69) is 5.32 Å². The van der Waals surface area contributed by atoms with E-state index < -0.39 is 11.4 Å². The first-order valence-electron chi connectivity index (χ1n) is 9.28. The lowest BCUT2D eigenvalue weighted by molar-refractivity contribution is -0.144. The van der Waals surface area contributed by atoms with Crippen molar-refractivity contribution in [3.8, 4) is 0 Å². The molecule has 0 heterocycles. The number of hydrogen-bond acceptors (Lipinski definition) is 5. The number of esters is 1. The molecule has 3 aromatic rings. The average molecular weight is 445 g/mol. The van der Waals surface area contributed by atoms with Crippen molar-refractivity contribution in [3.63, 3.8) is 0 Å². The summed E-state index contributed by atoms with van der Waals surface area (Å²) in [7, 11) is 1.35. The monoisotopic (exact) mass is 444 g/mol. The largest absolute Gasteiger partial charge is 0.468 e. The Balaban J connectivity index is 2.34. The normalized spacial score (nSPS) is 11.2. The van der Waals surface area contributed by atoms with Crippen LogP contribution in [0.4, 0.5) is 11.4 Å². The van der Waals surface area contributed by atoms with Crippen LogP contribution in [-0.4, -0.2) is 31.3 Å². The van der Waals surface area contributed by atoms with E-state index in [1.807, 2.05) is 0 Å². The number of carbonyl (C=O) groups is 1. The molecule has 4 N–H and O–H groups in total. The van der Waals surface area contributed by atoms with E-state index in [0.29, 0.717) is 44.7 Å². The number of aliphatic hydroxyl groups excluding tert-OH is 1. The highest BCUT2D eigenvalue weighted by atomic mass is 35.5. The third kappa shape index (κ3) is 4.10. The number of nitrogens with two attached hydrogens (primary N) is 1. The number of halogens is 2. The second-order valence-corrected chi connectivity index (χ2v) is 7.58. The predicted molar refractivity (Wildman–Crippen MR) is 121 cm³/mol. The van der Waals surface area contributed by atoms with E-state index in [0.717, 1.165) is 0 Å². The summed E-state index contributed by atoms with van der Waals surface area (Å²) in [5.41, 5.74) is 7.93. The Kier molecular flexibility index (Phi) is 6.87. The molecule has 0 aliphatic carbocycles. The van der Waals surface area contributed by atoms with Crippen molar-refractivity contribution in [2.24, 2.45) is 0 Å². The lowest BCUT2D eigenvalue weighted by Crippen LogP contribution is -2.39.